The summed E-state index contributed by atoms with van der Waals surface area (Å²) in [5, 5.41) is 14.2. The number of nitrogens with one attached hydrogen (secondary N) is 1. The summed E-state index contributed by atoms with van der Waals surface area (Å²) in [6.07, 6.45) is 3.44. The van der Waals surface area contributed by atoms with Crippen molar-refractivity contribution in [2.45, 2.75) is 64.3 Å². The molecule has 3 atom stereocenters. The van der Waals surface area contributed by atoms with Crippen LogP contribution in [-0.4, -0.2) is 17.7 Å². The molecule has 1 aromatic carbocycles. The molecule has 20 heavy (non-hydrogen) atoms. The highest BCUT2D eigenvalue weighted by molar-refractivity contribution is 5.51. The van der Waals surface area contributed by atoms with Crippen LogP contribution in [0.2, 0.25) is 0 Å². The van der Waals surface area contributed by atoms with Crippen LogP contribution in [-0.2, 0) is 5.41 Å². The number of phenols is 1. The van der Waals surface area contributed by atoms with Crippen molar-refractivity contribution in [1.29, 1.82) is 0 Å². The molecule has 0 saturated carbocycles. The minimum atomic E-state index is 0.154. The van der Waals surface area contributed by atoms with Gasteiger partial charge in [-0.25, -0.2) is 0 Å². The second-order valence-corrected chi connectivity index (χ2v) is 7.37. The highest BCUT2D eigenvalue weighted by Gasteiger charge is 2.56. The van der Waals surface area contributed by atoms with E-state index in [9.17, 15) is 5.11 Å². The predicted octanol–water partition coefficient (Wildman–Crippen LogP) is 3.94. The van der Waals surface area contributed by atoms with Gasteiger partial charge in [0, 0.05) is 22.9 Å². The lowest BCUT2D eigenvalue weighted by Crippen LogP contribution is -2.63. The minimum Gasteiger partial charge on any atom is -0.508 e. The zero-order chi connectivity index (χ0) is 14.5. The van der Waals surface area contributed by atoms with Gasteiger partial charge < -0.3 is 10.4 Å². The number of aromatic hydroxyl groups is 1. The molecule has 3 unspecified atom stereocenters. The van der Waals surface area contributed by atoms with E-state index in [1.165, 1.54) is 11.1 Å². The normalized spacial score (nSPS) is 34.6. The molecular formula is C18H27NO. The van der Waals surface area contributed by atoms with E-state index in [1.807, 2.05) is 12.1 Å². The van der Waals surface area contributed by atoms with Crippen molar-refractivity contribution in [1.82, 2.24) is 5.32 Å². The first kappa shape index (κ1) is 13.9. The SMILES string of the molecule is CCCC1c2c(O)cccc2C2(C)CCNC1C2(C)C. The Kier molecular flexibility index (Phi) is 3.13. The van der Waals surface area contributed by atoms with Crippen molar-refractivity contribution in [2.24, 2.45) is 5.41 Å². The van der Waals surface area contributed by atoms with E-state index < -0.39 is 0 Å². The first-order chi connectivity index (χ1) is 9.43. The molecule has 2 aliphatic rings. The molecule has 2 heteroatoms. The van der Waals surface area contributed by atoms with Crippen molar-refractivity contribution in [2.75, 3.05) is 6.54 Å². The lowest BCUT2D eigenvalue weighted by atomic mass is 9.48. The van der Waals surface area contributed by atoms with Crippen molar-refractivity contribution < 1.29 is 5.11 Å². The standard InChI is InChI=1S/C18H27NO/c1-5-7-12-15-13(8-6-9-14(15)20)18(4)10-11-19-16(12)17(18,2)3/h6,8-9,12,16,19-20H,5,7,10-11H2,1-4H3. The van der Waals surface area contributed by atoms with Crippen LogP contribution in [0.15, 0.2) is 18.2 Å². The highest BCUT2D eigenvalue weighted by atomic mass is 16.3. The fraction of sp³-hybridized carbons (Fsp3) is 0.667. The first-order valence-electron chi connectivity index (χ1n) is 7.99. The zero-order valence-electron chi connectivity index (χ0n) is 13.2. The van der Waals surface area contributed by atoms with E-state index in [2.05, 4.69) is 39.1 Å². The molecule has 2 nitrogen and oxygen atoms in total. The maximum absolute atomic E-state index is 10.5. The van der Waals surface area contributed by atoms with Crippen LogP contribution in [0.3, 0.4) is 0 Å². The van der Waals surface area contributed by atoms with Gasteiger partial charge in [0.05, 0.1) is 0 Å². The fourth-order valence-corrected chi connectivity index (χ4v) is 4.74. The van der Waals surface area contributed by atoms with Gasteiger partial charge in [0.15, 0.2) is 0 Å². The first-order valence-corrected chi connectivity index (χ1v) is 7.99. The Hall–Kier alpha value is -1.02. The molecule has 3 rings (SSSR count). The lowest BCUT2D eigenvalue weighted by Gasteiger charge is -2.60. The largest absolute Gasteiger partial charge is 0.508 e. The van der Waals surface area contributed by atoms with Gasteiger partial charge in [0.1, 0.15) is 5.75 Å². The Balaban J connectivity index is 2.26. The summed E-state index contributed by atoms with van der Waals surface area (Å²) < 4.78 is 0. The Morgan fingerprint density at radius 2 is 2.05 bits per heavy atom. The van der Waals surface area contributed by atoms with Gasteiger partial charge in [-0.2, -0.15) is 0 Å². The number of hydrogen-bond donors (Lipinski definition) is 2. The van der Waals surface area contributed by atoms with E-state index in [0.717, 1.165) is 25.8 Å². The number of rotatable bonds is 2. The van der Waals surface area contributed by atoms with Gasteiger partial charge in [-0.1, -0.05) is 46.2 Å². The fourth-order valence-electron chi connectivity index (χ4n) is 4.74. The van der Waals surface area contributed by atoms with Crippen LogP contribution in [0, 0.1) is 5.41 Å². The summed E-state index contributed by atoms with van der Waals surface area (Å²) in [5.41, 5.74) is 2.97. The molecule has 1 aromatic rings. The summed E-state index contributed by atoms with van der Waals surface area (Å²) in [4.78, 5) is 0. The van der Waals surface area contributed by atoms with Gasteiger partial charge in [-0.15, -0.1) is 0 Å². The zero-order valence-corrected chi connectivity index (χ0v) is 13.2. The Bertz CT molecular complexity index is 522. The van der Waals surface area contributed by atoms with Crippen molar-refractivity contribution in [3.05, 3.63) is 29.3 Å². The third-order valence-corrected chi connectivity index (χ3v) is 6.24. The van der Waals surface area contributed by atoms with Gasteiger partial charge >= 0.3 is 0 Å². The molecule has 1 aliphatic carbocycles. The van der Waals surface area contributed by atoms with Gasteiger partial charge in [-0.05, 0) is 36.4 Å². The summed E-state index contributed by atoms with van der Waals surface area (Å²) in [5.74, 6) is 0.927. The lowest BCUT2D eigenvalue weighted by molar-refractivity contribution is 0.0357. The molecular weight excluding hydrogens is 246 g/mol. The molecule has 0 amide bonds. The highest BCUT2D eigenvalue weighted by Crippen LogP contribution is 2.59. The number of hydrogen-bond acceptors (Lipinski definition) is 2. The maximum Gasteiger partial charge on any atom is 0.119 e. The molecule has 1 saturated heterocycles. The molecule has 0 spiro atoms. The average Bonchev–Trinajstić information content (AvgIpc) is 2.38. The van der Waals surface area contributed by atoms with Crippen LogP contribution in [0.4, 0.5) is 0 Å². The number of benzene rings is 1. The number of phenolic OH excluding ortho intramolecular Hbond substituents is 1. The Labute approximate surface area is 122 Å². The average molecular weight is 273 g/mol. The minimum absolute atomic E-state index is 0.154. The van der Waals surface area contributed by atoms with Crippen LogP contribution in [0.25, 0.3) is 0 Å². The predicted molar refractivity (Wildman–Crippen MR) is 83.3 cm³/mol. The maximum atomic E-state index is 10.5. The van der Waals surface area contributed by atoms with Gasteiger partial charge in [0.2, 0.25) is 0 Å². The summed E-state index contributed by atoms with van der Waals surface area (Å²) in [6.45, 7) is 10.5. The third kappa shape index (κ3) is 1.60. The molecule has 110 valence electrons. The molecule has 2 N–H and O–H groups in total. The van der Waals surface area contributed by atoms with E-state index >= 15 is 0 Å². The number of fused-ring (bicyclic) bond motifs is 4. The quantitative estimate of drug-likeness (QED) is 0.855. The molecule has 1 heterocycles. The van der Waals surface area contributed by atoms with Crippen LogP contribution >= 0.6 is 0 Å². The smallest absolute Gasteiger partial charge is 0.119 e. The molecule has 2 bridgehead atoms. The van der Waals surface area contributed by atoms with Crippen LogP contribution in [0.5, 0.6) is 5.75 Å². The molecule has 0 aromatic heterocycles. The van der Waals surface area contributed by atoms with E-state index in [1.54, 1.807) is 0 Å². The Morgan fingerprint density at radius 3 is 2.75 bits per heavy atom. The van der Waals surface area contributed by atoms with Crippen molar-refractivity contribution >= 4 is 0 Å². The number of piperidine rings is 1. The summed E-state index contributed by atoms with van der Waals surface area (Å²) in [6, 6.07) is 6.59. The van der Waals surface area contributed by atoms with E-state index in [4.69, 9.17) is 0 Å². The second-order valence-electron chi connectivity index (χ2n) is 7.37. The van der Waals surface area contributed by atoms with Crippen molar-refractivity contribution in [3.63, 3.8) is 0 Å². The topological polar surface area (TPSA) is 32.3 Å². The van der Waals surface area contributed by atoms with Crippen LogP contribution < -0.4 is 5.32 Å². The monoisotopic (exact) mass is 273 g/mol. The third-order valence-electron chi connectivity index (χ3n) is 6.24. The van der Waals surface area contributed by atoms with E-state index in [-0.39, 0.29) is 10.8 Å². The Morgan fingerprint density at radius 1 is 1.30 bits per heavy atom. The molecule has 1 aliphatic heterocycles. The van der Waals surface area contributed by atoms with Crippen LogP contribution in [0.1, 0.15) is 64.0 Å². The molecule has 0 radical (unpaired) electrons. The molecule has 1 fully saturated rings. The summed E-state index contributed by atoms with van der Waals surface area (Å²) >= 11 is 0. The second kappa shape index (κ2) is 4.49. The van der Waals surface area contributed by atoms with Gasteiger partial charge in [0.25, 0.3) is 0 Å². The van der Waals surface area contributed by atoms with Crippen molar-refractivity contribution in [3.8, 4) is 5.75 Å². The van der Waals surface area contributed by atoms with E-state index in [0.29, 0.717) is 17.7 Å². The summed E-state index contributed by atoms with van der Waals surface area (Å²) in [7, 11) is 0. The van der Waals surface area contributed by atoms with Gasteiger partial charge in [-0.3, -0.25) is 0 Å².